The van der Waals surface area contributed by atoms with Gasteiger partial charge in [0, 0.05) is 12.6 Å². The van der Waals surface area contributed by atoms with Crippen LogP contribution >= 0.6 is 15.9 Å². The topological polar surface area (TPSA) is 29.9 Å². The highest BCUT2D eigenvalue weighted by Crippen LogP contribution is 2.25. The Hall–Kier alpha value is -0.350. The molecular weight excluding hydrogens is 290 g/mol. The SMILES string of the molecule is CCn1nc(C)c(Br)c1CC(C)CCNC1CC1. The van der Waals surface area contributed by atoms with Gasteiger partial charge in [-0.15, -0.1) is 0 Å². The molecule has 18 heavy (non-hydrogen) atoms. The van der Waals surface area contributed by atoms with Gasteiger partial charge in [0.2, 0.25) is 0 Å². The van der Waals surface area contributed by atoms with E-state index < -0.39 is 0 Å². The van der Waals surface area contributed by atoms with Gasteiger partial charge in [-0.2, -0.15) is 5.10 Å². The fraction of sp³-hybridized carbons (Fsp3) is 0.786. The summed E-state index contributed by atoms with van der Waals surface area (Å²) in [5, 5.41) is 8.14. The zero-order valence-electron chi connectivity index (χ0n) is 11.7. The molecule has 2 rings (SSSR count). The van der Waals surface area contributed by atoms with Crippen LogP contribution in [0.2, 0.25) is 0 Å². The van der Waals surface area contributed by atoms with Gasteiger partial charge in [0.25, 0.3) is 0 Å². The number of aryl methyl sites for hydroxylation is 2. The summed E-state index contributed by atoms with van der Waals surface area (Å²) in [5.41, 5.74) is 2.46. The Labute approximate surface area is 118 Å². The van der Waals surface area contributed by atoms with Crippen LogP contribution in [0.15, 0.2) is 4.47 Å². The molecule has 3 nitrogen and oxygen atoms in total. The molecule has 1 aromatic heterocycles. The molecular formula is C14H24BrN3. The first-order valence-corrected chi connectivity index (χ1v) is 7.86. The maximum atomic E-state index is 4.55. The van der Waals surface area contributed by atoms with E-state index in [1.165, 1.54) is 29.4 Å². The molecule has 4 heteroatoms. The van der Waals surface area contributed by atoms with Gasteiger partial charge < -0.3 is 5.32 Å². The molecule has 1 aliphatic rings. The Morgan fingerprint density at radius 3 is 2.83 bits per heavy atom. The van der Waals surface area contributed by atoms with E-state index in [-0.39, 0.29) is 0 Å². The van der Waals surface area contributed by atoms with Gasteiger partial charge in [-0.25, -0.2) is 0 Å². The van der Waals surface area contributed by atoms with Gasteiger partial charge in [-0.3, -0.25) is 4.68 Å². The second kappa shape index (κ2) is 6.20. The predicted octanol–water partition coefficient (Wildman–Crippen LogP) is 3.29. The number of aromatic nitrogens is 2. The van der Waals surface area contributed by atoms with Crippen LogP contribution in [-0.2, 0) is 13.0 Å². The lowest BCUT2D eigenvalue weighted by atomic mass is 10.0. The van der Waals surface area contributed by atoms with E-state index in [1.54, 1.807) is 0 Å². The lowest BCUT2D eigenvalue weighted by Crippen LogP contribution is -2.20. The van der Waals surface area contributed by atoms with E-state index >= 15 is 0 Å². The standard InChI is InChI=1S/C14H24BrN3/c1-4-18-13(14(15)11(3)17-18)9-10(2)7-8-16-12-5-6-12/h10,12,16H,4-9H2,1-3H3. The summed E-state index contributed by atoms with van der Waals surface area (Å²) in [6.45, 7) is 8.67. The van der Waals surface area contributed by atoms with Crippen LogP contribution in [0.25, 0.3) is 0 Å². The van der Waals surface area contributed by atoms with Crippen molar-refractivity contribution in [1.82, 2.24) is 15.1 Å². The fourth-order valence-corrected chi connectivity index (χ4v) is 2.76. The molecule has 0 bridgehead atoms. The lowest BCUT2D eigenvalue weighted by Gasteiger charge is -2.13. The van der Waals surface area contributed by atoms with Gasteiger partial charge in [0.1, 0.15) is 0 Å². The van der Waals surface area contributed by atoms with Crippen molar-refractivity contribution in [1.29, 1.82) is 0 Å². The molecule has 0 radical (unpaired) electrons. The molecule has 0 aliphatic heterocycles. The Balaban J connectivity index is 1.86. The van der Waals surface area contributed by atoms with Crippen molar-refractivity contribution in [3.05, 3.63) is 15.9 Å². The van der Waals surface area contributed by atoms with Crippen LogP contribution in [0.4, 0.5) is 0 Å². The fourth-order valence-electron chi connectivity index (χ4n) is 2.32. The monoisotopic (exact) mass is 313 g/mol. The van der Waals surface area contributed by atoms with Gasteiger partial charge in [-0.1, -0.05) is 6.92 Å². The van der Waals surface area contributed by atoms with Crippen molar-refractivity contribution in [2.45, 2.75) is 59.0 Å². The number of halogens is 1. The molecule has 0 spiro atoms. The first-order valence-electron chi connectivity index (χ1n) is 7.07. The third-order valence-corrected chi connectivity index (χ3v) is 4.67. The number of hydrogen-bond donors (Lipinski definition) is 1. The van der Waals surface area contributed by atoms with E-state index in [2.05, 4.69) is 51.8 Å². The smallest absolute Gasteiger partial charge is 0.0738 e. The Kier molecular flexibility index (Phi) is 4.84. The van der Waals surface area contributed by atoms with Crippen LogP contribution in [-0.4, -0.2) is 22.4 Å². The summed E-state index contributed by atoms with van der Waals surface area (Å²) in [6.07, 6.45) is 5.11. The molecule has 1 aromatic rings. The van der Waals surface area contributed by atoms with E-state index in [0.29, 0.717) is 5.92 Å². The van der Waals surface area contributed by atoms with Crippen LogP contribution in [0, 0.1) is 12.8 Å². The third-order valence-electron chi connectivity index (χ3n) is 3.64. The molecule has 1 heterocycles. The first-order chi connectivity index (χ1) is 8.61. The average Bonchev–Trinajstić information content (AvgIpc) is 3.12. The Morgan fingerprint density at radius 1 is 1.50 bits per heavy atom. The highest BCUT2D eigenvalue weighted by Gasteiger charge is 2.20. The van der Waals surface area contributed by atoms with Crippen LogP contribution in [0.5, 0.6) is 0 Å². The van der Waals surface area contributed by atoms with Crippen molar-refractivity contribution in [2.75, 3.05) is 6.54 Å². The van der Waals surface area contributed by atoms with Crippen molar-refractivity contribution >= 4 is 15.9 Å². The largest absolute Gasteiger partial charge is 0.314 e. The normalized spacial score (nSPS) is 17.1. The molecule has 0 aromatic carbocycles. The van der Waals surface area contributed by atoms with E-state index in [4.69, 9.17) is 0 Å². The summed E-state index contributed by atoms with van der Waals surface area (Å²) in [6, 6.07) is 0.826. The molecule has 1 fully saturated rings. The molecule has 0 amide bonds. The molecule has 1 saturated carbocycles. The van der Waals surface area contributed by atoms with Crippen molar-refractivity contribution in [3.8, 4) is 0 Å². The number of nitrogens with zero attached hydrogens (tertiary/aromatic N) is 2. The van der Waals surface area contributed by atoms with Crippen LogP contribution < -0.4 is 5.32 Å². The predicted molar refractivity (Wildman–Crippen MR) is 78.8 cm³/mol. The molecule has 0 saturated heterocycles. The van der Waals surface area contributed by atoms with E-state index in [9.17, 15) is 0 Å². The lowest BCUT2D eigenvalue weighted by molar-refractivity contribution is 0.475. The molecule has 1 N–H and O–H groups in total. The molecule has 102 valence electrons. The van der Waals surface area contributed by atoms with Gasteiger partial charge >= 0.3 is 0 Å². The molecule has 1 aliphatic carbocycles. The van der Waals surface area contributed by atoms with Crippen molar-refractivity contribution in [3.63, 3.8) is 0 Å². The first kappa shape index (κ1) is 14.1. The van der Waals surface area contributed by atoms with Gasteiger partial charge in [0.05, 0.1) is 15.9 Å². The maximum Gasteiger partial charge on any atom is 0.0738 e. The maximum absolute atomic E-state index is 4.55. The Morgan fingerprint density at radius 2 is 2.22 bits per heavy atom. The minimum atomic E-state index is 0.703. The van der Waals surface area contributed by atoms with E-state index in [0.717, 1.165) is 31.2 Å². The average molecular weight is 314 g/mol. The van der Waals surface area contributed by atoms with E-state index in [1.807, 2.05) is 0 Å². The van der Waals surface area contributed by atoms with Crippen molar-refractivity contribution in [2.24, 2.45) is 5.92 Å². The number of rotatable bonds is 7. The number of hydrogen-bond acceptors (Lipinski definition) is 2. The highest BCUT2D eigenvalue weighted by molar-refractivity contribution is 9.10. The second-order valence-electron chi connectivity index (χ2n) is 5.49. The summed E-state index contributed by atoms with van der Waals surface area (Å²) in [5.74, 6) is 0.703. The van der Waals surface area contributed by atoms with Crippen LogP contribution in [0.1, 0.15) is 44.5 Å². The van der Waals surface area contributed by atoms with Crippen LogP contribution in [0.3, 0.4) is 0 Å². The highest BCUT2D eigenvalue weighted by atomic mass is 79.9. The minimum absolute atomic E-state index is 0.703. The quantitative estimate of drug-likeness (QED) is 0.837. The minimum Gasteiger partial charge on any atom is -0.314 e. The number of nitrogens with one attached hydrogen (secondary N) is 1. The van der Waals surface area contributed by atoms with Crippen molar-refractivity contribution < 1.29 is 0 Å². The zero-order valence-corrected chi connectivity index (χ0v) is 13.3. The summed E-state index contributed by atoms with van der Waals surface area (Å²) < 4.78 is 3.33. The second-order valence-corrected chi connectivity index (χ2v) is 6.28. The Bertz CT molecular complexity index is 396. The summed E-state index contributed by atoms with van der Waals surface area (Å²) in [4.78, 5) is 0. The molecule has 1 unspecified atom stereocenters. The zero-order chi connectivity index (χ0) is 13.1. The third kappa shape index (κ3) is 3.58. The summed E-state index contributed by atoms with van der Waals surface area (Å²) >= 11 is 3.67. The summed E-state index contributed by atoms with van der Waals surface area (Å²) in [7, 11) is 0. The van der Waals surface area contributed by atoms with Gasteiger partial charge in [-0.05, 0) is 67.9 Å². The van der Waals surface area contributed by atoms with Gasteiger partial charge in [0.15, 0.2) is 0 Å². The molecule has 1 atom stereocenters.